The van der Waals surface area contributed by atoms with E-state index >= 15 is 0 Å². The zero-order valence-corrected chi connectivity index (χ0v) is 13.0. The first kappa shape index (κ1) is 14.4. The molecule has 1 N–H and O–H groups in total. The average Bonchev–Trinajstić information content (AvgIpc) is 2.92. The Hall–Kier alpha value is -2.50. The van der Waals surface area contributed by atoms with Gasteiger partial charge in [0.15, 0.2) is 5.69 Å². The fraction of sp³-hybridized carbons (Fsp3) is 0. The molecule has 9 heteroatoms. The summed E-state index contributed by atoms with van der Waals surface area (Å²) in [7, 11) is 0. The summed E-state index contributed by atoms with van der Waals surface area (Å²) in [6.45, 7) is 0. The van der Waals surface area contributed by atoms with Crippen molar-refractivity contribution in [2.45, 2.75) is 0 Å². The van der Waals surface area contributed by atoms with Crippen LogP contribution in [-0.2, 0) is 0 Å². The maximum atomic E-state index is 11.2. The monoisotopic (exact) mass is 377 g/mol. The van der Waals surface area contributed by atoms with E-state index in [9.17, 15) is 10.1 Å². The number of H-pyrrole nitrogens is 1. The fourth-order valence-electron chi connectivity index (χ4n) is 2.13. The Morgan fingerprint density at radius 2 is 2.23 bits per heavy atom. The predicted octanol–water partition coefficient (Wildman–Crippen LogP) is 3.82. The van der Waals surface area contributed by atoms with E-state index in [2.05, 4.69) is 37.0 Å². The fourth-order valence-corrected chi connectivity index (χ4v) is 2.81. The van der Waals surface area contributed by atoms with Crippen molar-refractivity contribution < 1.29 is 4.92 Å². The number of nitriles is 1. The highest BCUT2D eigenvalue weighted by atomic mass is 79.9. The molecule has 108 valence electrons. The lowest BCUT2D eigenvalue weighted by Crippen LogP contribution is -1.96. The van der Waals surface area contributed by atoms with E-state index in [1.807, 2.05) is 0 Å². The number of fused-ring (bicyclic) bond motifs is 1. The van der Waals surface area contributed by atoms with Crippen molar-refractivity contribution >= 4 is 44.1 Å². The third kappa shape index (κ3) is 2.20. The average molecular weight is 379 g/mol. The molecule has 2 aromatic heterocycles. The largest absolute Gasteiger partial charge is 0.360 e. The first-order valence-corrected chi connectivity index (χ1v) is 7.07. The quantitative estimate of drug-likeness (QED) is 0.414. The van der Waals surface area contributed by atoms with E-state index < -0.39 is 4.92 Å². The number of hydrogen-bond donors (Lipinski definition) is 1. The number of nitrogens with one attached hydrogen (secondary N) is 1. The van der Waals surface area contributed by atoms with Crippen LogP contribution in [0.3, 0.4) is 0 Å². The van der Waals surface area contributed by atoms with Crippen molar-refractivity contribution in [2.75, 3.05) is 0 Å². The summed E-state index contributed by atoms with van der Waals surface area (Å²) in [6.07, 6.45) is 2.66. The molecule has 0 saturated carbocycles. The molecule has 0 unspecified atom stereocenters. The Labute approximate surface area is 136 Å². The van der Waals surface area contributed by atoms with Crippen LogP contribution in [0.25, 0.3) is 22.2 Å². The third-order valence-corrected chi connectivity index (χ3v) is 4.11. The van der Waals surface area contributed by atoms with E-state index in [0.717, 1.165) is 6.20 Å². The third-order valence-electron chi connectivity index (χ3n) is 3.11. The second-order valence-corrected chi connectivity index (χ2v) is 5.42. The summed E-state index contributed by atoms with van der Waals surface area (Å²) < 4.78 is 0.585. The lowest BCUT2D eigenvalue weighted by atomic mass is 10.1. The molecular weight excluding hydrogens is 374 g/mol. The van der Waals surface area contributed by atoms with E-state index in [-0.39, 0.29) is 16.7 Å². The molecule has 0 aliphatic heterocycles. The van der Waals surface area contributed by atoms with Gasteiger partial charge in [-0.3, -0.25) is 10.1 Å². The van der Waals surface area contributed by atoms with Crippen molar-refractivity contribution in [3.05, 3.63) is 50.0 Å². The highest BCUT2D eigenvalue weighted by Crippen LogP contribution is 2.36. The Morgan fingerprint density at radius 3 is 2.91 bits per heavy atom. The molecule has 0 atom stereocenters. The highest BCUT2D eigenvalue weighted by Gasteiger charge is 2.22. The molecule has 3 aromatic rings. The number of hydrogen-bond acceptors (Lipinski definition) is 5. The maximum Gasteiger partial charge on any atom is 0.313 e. The minimum atomic E-state index is -0.566. The van der Waals surface area contributed by atoms with Gasteiger partial charge in [-0.15, -0.1) is 0 Å². The molecule has 3 rings (SSSR count). The van der Waals surface area contributed by atoms with Gasteiger partial charge in [0.1, 0.15) is 12.3 Å². The smallest absolute Gasteiger partial charge is 0.313 e. The van der Waals surface area contributed by atoms with Gasteiger partial charge in [-0.1, -0.05) is 6.07 Å². The number of nitro groups is 1. The number of halogens is 2. The lowest BCUT2D eigenvalue weighted by molar-refractivity contribution is -0.384. The summed E-state index contributed by atoms with van der Waals surface area (Å²) >= 11 is 9.10. The van der Waals surface area contributed by atoms with Gasteiger partial charge in [0.05, 0.1) is 20.5 Å². The standard InChI is InChI=1S/C13H5BrClN5O2/c14-10-6(3-16)1-2-7-8(4-17-12(7)10)11-9(20(21)22)5-18-13(15)19-11/h1-2,4-5,17H. The summed E-state index contributed by atoms with van der Waals surface area (Å²) in [5, 5.41) is 20.8. The molecule has 0 fully saturated rings. The van der Waals surface area contributed by atoms with Crippen molar-refractivity contribution in [2.24, 2.45) is 0 Å². The van der Waals surface area contributed by atoms with E-state index in [1.165, 1.54) is 0 Å². The molecule has 0 amide bonds. The van der Waals surface area contributed by atoms with E-state index in [4.69, 9.17) is 16.9 Å². The maximum absolute atomic E-state index is 11.2. The molecular formula is C13H5BrClN5O2. The second-order valence-electron chi connectivity index (χ2n) is 4.29. The van der Waals surface area contributed by atoms with Crippen molar-refractivity contribution in [3.8, 4) is 17.3 Å². The number of rotatable bonds is 2. The Kier molecular flexibility index (Phi) is 3.52. The van der Waals surface area contributed by atoms with Gasteiger partial charge in [0.25, 0.3) is 0 Å². The van der Waals surface area contributed by atoms with Crippen LogP contribution in [0.4, 0.5) is 5.69 Å². The minimum Gasteiger partial charge on any atom is -0.360 e. The topological polar surface area (TPSA) is 108 Å². The molecule has 1 aromatic carbocycles. The van der Waals surface area contributed by atoms with Gasteiger partial charge >= 0.3 is 5.69 Å². The minimum absolute atomic E-state index is 0.0809. The lowest BCUT2D eigenvalue weighted by Gasteiger charge is -2.02. The molecule has 0 bridgehead atoms. The number of aromatic amines is 1. The second kappa shape index (κ2) is 5.36. The Bertz CT molecular complexity index is 963. The van der Waals surface area contributed by atoms with Crippen LogP contribution in [-0.4, -0.2) is 19.9 Å². The number of benzene rings is 1. The number of nitrogens with zero attached hydrogens (tertiary/aromatic N) is 4. The zero-order valence-electron chi connectivity index (χ0n) is 10.7. The van der Waals surface area contributed by atoms with Crippen LogP contribution in [0.15, 0.2) is 29.0 Å². The van der Waals surface area contributed by atoms with Gasteiger partial charge in [0.2, 0.25) is 5.28 Å². The molecule has 0 aliphatic carbocycles. The van der Waals surface area contributed by atoms with E-state index in [0.29, 0.717) is 26.5 Å². The van der Waals surface area contributed by atoms with Crippen LogP contribution < -0.4 is 0 Å². The molecule has 2 heterocycles. The predicted molar refractivity (Wildman–Crippen MR) is 83.4 cm³/mol. The SMILES string of the molecule is N#Cc1ccc2c(-c3nc(Cl)ncc3[N+](=O)[O-])c[nH]c2c1Br. The summed E-state index contributed by atoms with van der Waals surface area (Å²) in [5.74, 6) is 0. The first-order chi connectivity index (χ1) is 10.5. The van der Waals surface area contributed by atoms with Crippen molar-refractivity contribution in [1.29, 1.82) is 5.26 Å². The van der Waals surface area contributed by atoms with Crippen LogP contribution in [0, 0.1) is 21.4 Å². The van der Waals surface area contributed by atoms with Crippen molar-refractivity contribution in [3.63, 3.8) is 0 Å². The van der Waals surface area contributed by atoms with Crippen LogP contribution in [0.5, 0.6) is 0 Å². The molecule has 0 saturated heterocycles. The summed E-state index contributed by atoms with van der Waals surface area (Å²) in [4.78, 5) is 21.2. The molecule has 0 aliphatic rings. The van der Waals surface area contributed by atoms with Crippen molar-refractivity contribution in [1.82, 2.24) is 15.0 Å². The van der Waals surface area contributed by atoms with Crippen LogP contribution in [0.1, 0.15) is 5.56 Å². The molecule has 0 radical (unpaired) electrons. The molecule has 7 nitrogen and oxygen atoms in total. The number of aromatic nitrogens is 3. The van der Waals surface area contributed by atoms with Gasteiger partial charge in [-0.05, 0) is 33.6 Å². The van der Waals surface area contributed by atoms with Gasteiger partial charge in [0, 0.05) is 17.1 Å². The normalized spacial score (nSPS) is 10.6. The zero-order chi connectivity index (χ0) is 15.9. The van der Waals surface area contributed by atoms with Crippen LogP contribution in [0.2, 0.25) is 5.28 Å². The van der Waals surface area contributed by atoms with Gasteiger partial charge < -0.3 is 4.98 Å². The molecule has 22 heavy (non-hydrogen) atoms. The van der Waals surface area contributed by atoms with Crippen LogP contribution >= 0.6 is 27.5 Å². The molecule has 0 spiro atoms. The Balaban J connectivity index is 2.33. The van der Waals surface area contributed by atoms with Gasteiger partial charge in [-0.25, -0.2) is 9.97 Å². The Morgan fingerprint density at radius 1 is 1.45 bits per heavy atom. The summed E-state index contributed by atoms with van der Waals surface area (Å²) in [6, 6.07) is 5.38. The van der Waals surface area contributed by atoms with E-state index in [1.54, 1.807) is 18.3 Å². The summed E-state index contributed by atoms with van der Waals surface area (Å²) in [5.41, 5.74) is 1.49. The highest BCUT2D eigenvalue weighted by molar-refractivity contribution is 9.10. The first-order valence-electron chi connectivity index (χ1n) is 5.90. The van der Waals surface area contributed by atoms with Gasteiger partial charge in [-0.2, -0.15) is 5.26 Å².